The average Bonchev–Trinajstić information content (AvgIpc) is 3.32. The first-order chi connectivity index (χ1) is 12.1. The van der Waals surface area contributed by atoms with Gasteiger partial charge in [-0.15, -0.1) is 24.0 Å². The molecule has 27 heavy (non-hydrogen) atoms. The van der Waals surface area contributed by atoms with E-state index >= 15 is 0 Å². The molecule has 154 valence electrons. The molecule has 0 saturated heterocycles. The zero-order chi connectivity index (χ0) is 19.4. The Bertz CT molecular complexity index is 756. The van der Waals surface area contributed by atoms with Gasteiger partial charge in [-0.25, -0.2) is 8.42 Å². The number of nitrogens with one attached hydrogen (secondary N) is 2. The van der Waals surface area contributed by atoms with Crippen LogP contribution in [0.5, 0.6) is 0 Å². The fourth-order valence-corrected chi connectivity index (χ4v) is 3.86. The Labute approximate surface area is 185 Å². The van der Waals surface area contributed by atoms with Crippen LogP contribution in [0.3, 0.4) is 0 Å². The van der Waals surface area contributed by atoms with Crippen molar-refractivity contribution in [3.63, 3.8) is 0 Å². The number of guanidine groups is 1. The molecule has 0 aliphatic heterocycles. The predicted molar refractivity (Wildman–Crippen MR) is 125 cm³/mol. The van der Waals surface area contributed by atoms with Crippen molar-refractivity contribution in [3.05, 3.63) is 34.9 Å². The van der Waals surface area contributed by atoms with Crippen molar-refractivity contribution in [2.45, 2.75) is 50.7 Å². The normalized spacial score (nSPS) is 16.4. The van der Waals surface area contributed by atoms with Crippen LogP contribution in [0.25, 0.3) is 0 Å². The third kappa shape index (κ3) is 6.78. The van der Waals surface area contributed by atoms with E-state index in [9.17, 15) is 8.42 Å². The van der Waals surface area contributed by atoms with Crippen LogP contribution in [0, 0.1) is 0 Å². The Morgan fingerprint density at radius 2 is 1.93 bits per heavy atom. The lowest BCUT2D eigenvalue weighted by molar-refractivity contribution is 0.559. The highest BCUT2D eigenvalue weighted by Gasteiger charge is 2.44. The van der Waals surface area contributed by atoms with Crippen molar-refractivity contribution in [3.8, 4) is 0 Å². The molecule has 0 heterocycles. The number of aliphatic imine (C=N–C) groups is 1. The maximum atomic E-state index is 12.2. The highest BCUT2D eigenvalue weighted by Crippen LogP contribution is 2.48. The summed E-state index contributed by atoms with van der Waals surface area (Å²) in [6.45, 7) is 8.90. The van der Waals surface area contributed by atoms with E-state index in [1.165, 1.54) is 5.56 Å². The Kier molecular flexibility index (Phi) is 8.88. The van der Waals surface area contributed by atoms with E-state index < -0.39 is 14.6 Å². The van der Waals surface area contributed by atoms with E-state index in [2.05, 4.69) is 16.7 Å². The molecule has 5 nitrogen and oxygen atoms in total. The molecule has 1 fully saturated rings. The fourth-order valence-electron chi connectivity index (χ4n) is 2.69. The third-order valence-electron chi connectivity index (χ3n) is 4.77. The molecular weight excluding hydrogens is 497 g/mol. The lowest BCUT2D eigenvalue weighted by Crippen LogP contribution is -2.42. The summed E-state index contributed by atoms with van der Waals surface area (Å²) < 4.78 is 23.7. The molecule has 1 aromatic carbocycles. The van der Waals surface area contributed by atoms with Gasteiger partial charge in [-0.05, 0) is 58.2 Å². The monoisotopic (exact) mass is 527 g/mol. The van der Waals surface area contributed by atoms with Gasteiger partial charge in [-0.2, -0.15) is 0 Å². The van der Waals surface area contributed by atoms with E-state index in [-0.39, 0.29) is 35.1 Å². The lowest BCUT2D eigenvalue weighted by atomic mass is 9.96. The summed E-state index contributed by atoms with van der Waals surface area (Å²) in [5.74, 6) is 0.741. The molecular formula is C19H31ClIN3O2S. The number of nitrogens with zero attached hydrogens (tertiary/aromatic N) is 1. The number of halogens is 2. The van der Waals surface area contributed by atoms with E-state index in [4.69, 9.17) is 16.6 Å². The maximum absolute atomic E-state index is 12.2. The second-order valence-corrected chi connectivity index (χ2v) is 11.1. The fraction of sp³-hybridized carbons (Fsp3) is 0.632. The molecule has 0 amide bonds. The number of hydrogen-bond donors (Lipinski definition) is 2. The molecule has 2 N–H and O–H groups in total. The van der Waals surface area contributed by atoms with Crippen molar-refractivity contribution >= 4 is 51.4 Å². The van der Waals surface area contributed by atoms with Gasteiger partial charge in [0, 0.05) is 23.5 Å². The molecule has 0 atom stereocenters. The molecule has 0 spiro atoms. The van der Waals surface area contributed by atoms with Crippen molar-refractivity contribution in [1.82, 2.24) is 10.6 Å². The Morgan fingerprint density at radius 1 is 1.26 bits per heavy atom. The second kappa shape index (κ2) is 9.78. The van der Waals surface area contributed by atoms with Crippen molar-refractivity contribution in [2.24, 2.45) is 4.99 Å². The molecule has 1 aromatic rings. The number of hydrogen-bond acceptors (Lipinski definition) is 3. The van der Waals surface area contributed by atoms with Crippen LogP contribution >= 0.6 is 35.6 Å². The van der Waals surface area contributed by atoms with Crippen LogP contribution in [0.4, 0.5) is 0 Å². The molecule has 2 rings (SSSR count). The van der Waals surface area contributed by atoms with Gasteiger partial charge in [0.2, 0.25) is 0 Å². The third-order valence-corrected chi connectivity index (χ3v) is 7.61. The molecule has 0 bridgehead atoms. The molecule has 1 aliphatic carbocycles. The summed E-state index contributed by atoms with van der Waals surface area (Å²) in [4.78, 5) is 4.69. The summed E-state index contributed by atoms with van der Waals surface area (Å²) >= 11 is 6.12. The van der Waals surface area contributed by atoms with Crippen molar-refractivity contribution in [2.75, 3.05) is 25.4 Å². The SMILES string of the molecule is CCNC(=NCC1(c2cccc(Cl)c2)CC1)NCCS(=O)(=O)C(C)(C)C.I. The quantitative estimate of drug-likeness (QED) is 0.322. The van der Waals surface area contributed by atoms with Gasteiger partial charge in [-0.3, -0.25) is 4.99 Å². The summed E-state index contributed by atoms with van der Waals surface area (Å²) in [6, 6.07) is 7.97. The predicted octanol–water partition coefficient (Wildman–Crippen LogP) is 3.76. The highest BCUT2D eigenvalue weighted by atomic mass is 127. The second-order valence-electron chi connectivity index (χ2n) is 7.84. The largest absolute Gasteiger partial charge is 0.357 e. The molecule has 8 heteroatoms. The lowest BCUT2D eigenvalue weighted by Gasteiger charge is -2.20. The van der Waals surface area contributed by atoms with Crippen molar-refractivity contribution in [1.29, 1.82) is 0 Å². The van der Waals surface area contributed by atoms with Gasteiger partial charge >= 0.3 is 0 Å². The molecule has 1 aliphatic rings. The number of sulfone groups is 1. The van der Waals surface area contributed by atoms with Crippen LogP contribution in [0.1, 0.15) is 46.1 Å². The standard InChI is InChI=1S/C19H30ClN3O2S.HI/c1-5-21-17(22-11-12-26(24,25)18(2,3)4)23-14-19(9-10-19)15-7-6-8-16(20)13-15;/h6-8,13H,5,9-12,14H2,1-4H3,(H2,21,22,23);1H. The molecule has 0 aromatic heterocycles. The van der Waals surface area contributed by atoms with E-state index in [1.54, 1.807) is 20.8 Å². The van der Waals surface area contributed by atoms with E-state index in [0.717, 1.165) is 24.4 Å². The van der Waals surface area contributed by atoms with E-state index in [0.29, 0.717) is 19.0 Å². The van der Waals surface area contributed by atoms with Gasteiger partial charge < -0.3 is 10.6 Å². The summed E-state index contributed by atoms with van der Waals surface area (Å²) in [5, 5.41) is 7.08. The first-order valence-corrected chi connectivity index (χ1v) is 11.1. The summed E-state index contributed by atoms with van der Waals surface area (Å²) in [6.07, 6.45) is 2.18. The first-order valence-electron chi connectivity index (χ1n) is 9.10. The Hall–Kier alpha value is -0.540. The van der Waals surface area contributed by atoms with Crippen LogP contribution in [-0.4, -0.2) is 44.5 Å². The van der Waals surface area contributed by atoms with Crippen LogP contribution in [-0.2, 0) is 15.3 Å². The topological polar surface area (TPSA) is 70.6 Å². The van der Waals surface area contributed by atoms with Gasteiger partial charge in [0.05, 0.1) is 17.0 Å². The maximum Gasteiger partial charge on any atom is 0.191 e. The van der Waals surface area contributed by atoms with Crippen LogP contribution < -0.4 is 10.6 Å². The molecule has 1 saturated carbocycles. The average molecular weight is 528 g/mol. The zero-order valence-electron chi connectivity index (χ0n) is 16.5. The molecule has 0 radical (unpaired) electrons. The summed E-state index contributed by atoms with van der Waals surface area (Å²) in [7, 11) is -3.15. The molecule has 0 unspecified atom stereocenters. The minimum Gasteiger partial charge on any atom is -0.357 e. The minimum atomic E-state index is -3.15. The number of rotatable bonds is 7. The smallest absolute Gasteiger partial charge is 0.191 e. The first kappa shape index (κ1) is 24.5. The Morgan fingerprint density at radius 3 is 2.44 bits per heavy atom. The summed E-state index contributed by atoms with van der Waals surface area (Å²) in [5.41, 5.74) is 1.28. The van der Waals surface area contributed by atoms with E-state index in [1.807, 2.05) is 25.1 Å². The van der Waals surface area contributed by atoms with Gasteiger partial charge in [0.25, 0.3) is 0 Å². The van der Waals surface area contributed by atoms with Gasteiger partial charge in [-0.1, -0.05) is 23.7 Å². The van der Waals surface area contributed by atoms with Crippen molar-refractivity contribution < 1.29 is 8.42 Å². The highest BCUT2D eigenvalue weighted by molar-refractivity contribution is 14.0. The van der Waals surface area contributed by atoms with Crippen LogP contribution in [0.15, 0.2) is 29.3 Å². The van der Waals surface area contributed by atoms with Gasteiger partial charge in [0.1, 0.15) is 0 Å². The van der Waals surface area contributed by atoms with Gasteiger partial charge in [0.15, 0.2) is 15.8 Å². The number of benzene rings is 1. The van der Waals surface area contributed by atoms with Crippen LogP contribution in [0.2, 0.25) is 5.02 Å². The zero-order valence-corrected chi connectivity index (χ0v) is 20.4. The minimum absolute atomic E-state index is 0. The Balaban J connectivity index is 0.00000364.